The first kappa shape index (κ1) is 13.8. The van der Waals surface area contributed by atoms with Crippen LogP contribution < -0.4 is 5.32 Å². The van der Waals surface area contributed by atoms with Gasteiger partial charge in [0.25, 0.3) is 0 Å². The van der Waals surface area contributed by atoms with Crippen molar-refractivity contribution in [2.24, 2.45) is 10.8 Å². The van der Waals surface area contributed by atoms with Gasteiger partial charge in [-0.1, -0.05) is 0 Å². The van der Waals surface area contributed by atoms with Gasteiger partial charge in [0.05, 0.1) is 11.5 Å². The van der Waals surface area contributed by atoms with Crippen molar-refractivity contribution in [3.8, 4) is 6.07 Å². The van der Waals surface area contributed by atoms with Crippen LogP contribution in [0.1, 0.15) is 46.0 Å². The molecule has 2 fully saturated rings. The van der Waals surface area contributed by atoms with Crippen LogP contribution in [0.15, 0.2) is 0 Å². The van der Waals surface area contributed by atoms with Gasteiger partial charge >= 0.3 is 0 Å². The molecule has 2 saturated heterocycles. The van der Waals surface area contributed by atoms with Crippen molar-refractivity contribution in [2.75, 3.05) is 32.7 Å². The molecule has 0 aromatic carbocycles. The zero-order valence-electron chi connectivity index (χ0n) is 12.0. The van der Waals surface area contributed by atoms with Crippen molar-refractivity contribution >= 4 is 0 Å². The predicted molar refractivity (Wildman–Crippen MR) is 74.2 cm³/mol. The zero-order valence-corrected chi connectivity index (χ0v) is 12.0. The SMILES string of the molecule is CC(C)(C#N)CCN1CCCC2(CCCNC2)C1. The molecule has 2 rings (SSSR count). The van der Waals surface area contributed by atoms with Crippen molar-refractivity contribution in [1.82, 2.24) is 10.2 Å². The van der Waals surface area contributed by atoms with E-state index in [1.807, 2.05) is 0 Å². The molecule has 2 aliphatic heterocycles. The molecule has 0 aromatic heterocycles. The van der Waals surface area contributed by atoms with Crippen molar-refractivity contribution in [1.29, 1.82) is 5.26 Å². The molecule has 1 spiro atoms. The number of likely N-dealkylation sites (tertiary alicyclic amines) is 1. The van der Waals surface area contributed by atoms with Crippen LogP contribution in [0.25, 0.3) is 0 Å². The summed E-state index contributed by atoms with van der Waals surface area (Å²) in [6.07, 6.45) is 6.43. The maximum Gasteiger partial charge on any atom is 0.0684 e. The van der Waals surface area contributed by atoms with Gasteiger partial charge in [-0.05, 0) is 71.0 Å². The Labute approximate surface area is 112 Å². The lowest BCUT2D eigenvalue weighted by Crippen LogP contribution is -2.51. The van der Waals surface area contributed by atoms with Gasteiger partial charge in [0.2, 0.25) is 0 Å². The van der Waals surface area contributed by atoms with Gasteiger partial charge in [-0.2, -0.15) is 5.26 Å². The summed E-state index contributed by atoms with van der Waals surface area (Å²) in [5.74, 6) is 0. The highest BCUT2D eigenvalue weighted by Gasteiger charge is 2.36. The lowest BCUT2D eigenvalue weighted by molar-refractivity contribution is 0.0598. The van der Waals surface area contributed by atoms with Crippen molar-refractivity contribution in [3.63, 3.8) is 0 Å². The molecular formula is C15H27N3. The van der Waals surface area contributed by atoms with Crippen LogP contribution in [-0.4, -0.2) is 37.6 Å². The van der Waals surface area contributed by atoms with Gasteiger partial charge in [0.1, 0.15) is 0 Å². The number of piperidine rings is 2. The number of nitriles is 1. The summed E-state index contributed by atoms with van der Waals surface area (Å²) < 4.78 is 0. The molecular weight excluding hydrogens is 222 g/mol. The highest BCUT2D eigenvalue weighted by molar-refractivity contribution is 4.94. The van der Waals surface area contributed by atoms with E-state index in [2.05, 4.69) is 30.1 Å². The lowest BCUT2D eigenvalue weighted by atomic mass is 9.74. The Morgan fingerprint density at radius 1 is 1.33 bits per heavy atom. The average molecular weight is 249 g/mol. The third-order valence-corrected chi connectivity index (χ3v) is 4.66. The fourth-order valence-corrected chi connectivity index (χ4v) is 3.37. The highest BCUT2D eigenvalue weighted by Crippen LogP contribution is 2.36. The van der Waals surface area contributed by atoms with E-state index in [0.717, 1.165) is 13.0 Å². The first-order valence-corrected chi connectivity index (χ1v) is 7.40. The molecule has 102 valence electrons. The minimum Gasteiger partial charge on any atom is -0.316 e. The Morgan fingerprint density at radius 3 is 2.78 bits per heavy atom. The van der Waals surface area contributed by atoms with Crippen LogP contribution in [0, 0.1) is 22.2 Å². The van der Waals surface area contributed by atoms with Crippen LogP contribution in [0.4, 0.5) is 0 Å². The summed E-state index contributed by atoms with van der Waals surface area (Å²) in [5, 5.41) is 12.7. The Morgan fingerprint density at radius 2 is 2.11 bits per heavy atom. The average Bonchev–Trinajstić information content (AvgIpc) is 2.38. The maximum atomic E-state index is 9.09. The molecule has 1 atom stereocenters. The van der Waals surface area contributed by atoms with E-state index >= 15 is 0 Å². The summed E-state index contributed by atoms with van der Waals surface area (Å²) in [4.78, 5) is 2.59. The van der Waals surface area contributed by atoms with Crippen LogP contribution >= 0.6 is 0 Å². The zero-order chi connectivity index (χ0) is 13.1. The molecule has 3 nitrogen and oxygen atoms in total. The Bertz CT molecular complexity index is 305. The molecule has 2 aliphatic rings. The Kier molecular flexibility index (Phi) is 4.29. The lowest BCUT2D eigenvalue weighted by Gasteiger charge is -2.45. The minimum atomic E-state index is -0.171. The molecule has 2 heterocycles. The second kappa shape index (κ2) is 5.59. The first-order chi connectivity index (χ1) is 8.55. The predicted octanol–water partition coefficient (Wildman–Crippen LogP) is 2.39. The van der Waals surface area contributed by atoms with Gasteiger partial charge < -0.3 is 10.2 Å². The van der Waals surface area contributed by atoms with Gasteiger partial charge in [0.15, 0.2) is 0 Å². The Balaban J connectivity index is 1.85. The van der Waals surface area contributed by atoms with Crippen LogP contribution in [0.2, 0.25) is 0 Å². The molecule has 1 unspecified atom stereocenters. The summed E-state index contributed by atoms with van der Waals surface area (Å²) in [6, 6.07) is 2.41. The van der Waals surface area contributed by atoms with E-state index in [1.54, 1.807) is 0 Å². The van der Waals surface area contributed by atoms with E-state index in [4.69, 9.17) is 5.26 Å². The molecule has 3 heteroatoms. The fourth-order valence-electron chi connectivity index (χ4n) is 3.37. The molecule has 0 saturated carbocycles. The van der Waals surface area contributed by atoms with E-state index in [9.17, 15) is 0 Å². The number of rotatable bonds is 3. The van der Waals surface area contributed by atoms with Gasteiger partial charge in [-0.3, -0.25) is 0 Å². The van der Waals surface area contributed by atoms with Crippen LogP contribution in [0.3, 0.4) is 0 Å². The van der Waals surface area contributed by atoms with E-state index in [1.165, 1.54) is 51.9 Å². The second-order valence-corrected chi connectivity index (χ2v) is 6.91. The fraction of sp³-hybridized carbons (Fsp3) is 0.933. The van der Waals surface area contributed by atoms with Crippen LogP contribution in [0.5, 0.6) is 0 Å². The summed E-state index contributed by atoms with van der Waals surface area (Å²) in [7, 11) is 0. The first-order valence-electron chi connectivity index (χ1n) is 7.40. The third kappa shape index (κ3) is 3.46. The molecule has 0 amide bonds. The standard InChI is InChI=1S/C15H27N3/c1-14(2,11-16)7-10-18-9-4-6-15(13-18)5-3-8-17-12-15/h17H,3-10,12-13H2,1-2H3. The monoisotopic (exact) mass is 249 g/mol. The van der Waals surface area contributed by atoms with E-state index < -0.39 is 0 Å². The molecule has 0 aromatic rings. The molecule has 0 radical (unpaired) electrons. The largest absolute Gasteiger partial charge is 0.316 e. The number of hydrogen-bond acceptors (Lipinski definition) is 3. The highest BCUT2D eigenvalue weighted by atomic mass is 15.1. The normalized spacial score (nSPS) is 30.3. The van der Waals surface area contributed by atoms with Gasteiger partial charge in [0, 0.05) is 13.1 Å². The topological polar surface area (TPSA) is 39.1 Å². The maximum absolute atomic E-state index is 9.09. The van der Waals surface area contributed by atoms with Gasteiger partial charge in [-0.15, -0.1) is 0 Å². The molecule has 0 aliphatic carbocycles. The van der Waals surface area contributed by atoms with Crippen LogP contribution in [-0.2, 0) is 0 Å². The number of nitrogens with one attached hydrogen (secondary N) is 1. The molecule has 0 bridgehead atoms. The second-order valence-electron chi connectivity index (χ2n) is 6.91. The quantitative estimate of drug-likeness (QED) is 0.835. The number of hydrogen-bond donors (Lipinski definition) is 1. The molecule has 18 heavy (non-hydrogen) atoms. The Hall–Kier alpha value is -0.590. The van der Waals surface area contributed by atoms with E-state index in [-0.39, 0.29) is 5.41 Å². The number of nitrogens with zero attached hydrogens (tertiary/aromatic N) is 2. The minimum absolute atomic E-state index is 0.171. The summed E-state index contributed by atoms with van der Waals surface area (Å²) in [5.41, 5.74) is 0.364. The van der Waals surface area contributed by atoms with Crippen molar-refractivity contribution < 1.29 is 0 Å². The summed E-state index contributed by atoms with van der Waals surface area (Å²) >= 11 is 0. The summed E-state index contributed by atoms with van der Waals surface area (Å²) in [6.45, 7) is 10.0. The van der Waals surface area contributed by atoms with E-state index in [0.29, 0.717) is 5.41 Å². The smallest absolute Gasteiger partial charge is 0.0684 e. The van der Waals surface area contributed by atoms with Crippen molar-refractivity contribution in [2.45, 2.75) is 46.0 Å². The van der Waals surface area contributed by atoms with Crippen molar-refractivity contribution in [3.05, 3.63) is 0 Å². The molecule has 1 N–H and O–H groups in total. The van der Waals surface area contributed by atoms with Gasteiger partial charge in [-0.25, -0.2) is 0 Å². The third-order valence-electron chi connectivity index (χ3n) is 4.66.